The summed E-state index contributed by atoms with van der Waals surface area (Å²) in [5, 5.41) is 5.75. The van der Waals surface area contributed by atoms with E-state index in [4.69, 9.17) is 37.7 Å². The number of fused-ring (bicyclic) bond motifs is 1. The summed E-state index contributed by atoms with van der Waals surface area (Å²) in [5.41, 5.74) is 2.94. The molecule has 4 aromatic rings. The van der Waals surface area contributed by atoms with E-state index in [0.717, 1.165) is 42.3 Å². The number of halogens is 2. The highest BCUT2D eigenvalue weighted by Crippen LogP contribution is 2.33. The van der Waals surface area contributed by atoms with Crippen molar-refractivity contribution in [3.63, 3.8) is 0 Å². The molecule has 4 heterocycles. The fraction of sp³-hybridized carbons (Fsp3) is 0.250. The number of furan rings is 1. The normalized spacial score (nSPS) is 16.3. The van der Waals surface area contributed by atoms with Crippen molar-refractivity contribution >= 4 is 23.2 Å². The summed E-state index contributed by atoms with van der Waals surface area (Å²) >= 11 is 12.4. The lowest BCUT2D eigenvalue weighted by molar-refractivity contribution is 0.433. The summed E-state index contributed by atoms with van der Waals surface area (Å²) in [6.07, 6.45) is 7.18. The van der Waals surface area contributed by atoms with Crippen molar-refractivity contribution in [3.05, 3.63) is 70.4 Å². The molecule has 1 aliphatic rings. The minimum Gasteiger partial charge on any atom is -0.472 e. The van der Waals surface area contributed by atoms with E-state index in [2.05, 4.69) is 9.55 Å². The van der Waals surface area contributed by atoms with Crippen LogP contribution in [0.15, 0.2) is 47.4 Å². The zero-order valence-electron chi connectivity index (χ0n) is 15.1. The number of hydrogen-bond donors (Lipinski definition) is 0. The van der Waals surface area contributed by atoms with E-state index in [1.807, 2.05) is 36.0 Å². The third-order valence-electron chi connectivity index (χ3n) is 5.21. The number of hydrogen-bond acceptors (Lipinski definition) is 4. The molecule has 142 valence electrons. The van der Waals surface area contributed by atoms with E-state index < -0.39 is 0 Å². The van der Waals surface area contributed by atoms with Gasteiger partial charge >= 0.3 is 0 Å². The molecule has 1 aromatic carbocycles. The molecule has 5 rings (SSSR count). The number of aryl methyl sites for hydroxylation is 2. The smallest absolute Gasteiger partial charge is 0.185 e. The van der Waals surface area contributed by atoms with Crippen LogP contribution in [0, 0.1) is 6.92 Å². The fourth-order valence-corrected chi connectivity index (χ4v) is 4.01. The molecule has 0 aliphatic carbocycles. The zero-order chi connectivity index (χ0) is 19.3. The molecular weight excluding hydrogens is 397 g/mol. The Kier molecular flexibility index (Phi) is 4.25. The van der Waals surface area contributed by atoms with E-state index in [0.29, 0.717) is 15.9 Å². The summed E-state index contributed by atoms with van der Waals surface area (Å²) < 4.78 is 9.35. The van der Waals surface area contributed by atoms with Crippen LogP contribution in [0.2, 0.25) is 10.0 Å². The van der Waals surface area contributed by atoms with Crippen LogP contribution < -0.4 is 0 Å². The molecule has 0 fully saturated rings. The number of benzene rings is 1. The number of imidazole rings is 1. The van der Waals surface area contributed by atoms with Crippen LogP contribution in [0.3, 0.4) is 0 Å². The van der Waals surface area contributed by atoms with Gasteiger partial charge < -0.3 is 8.98 Å². The van der Waals surface area contributed by atoms with Crippen LogP contribution >= 0.6 is 23.2 Å². The van der Waals surface area contributed by atoms with Gasteiger partial charge in [0, 0.05) is 24.4 Å². The lowest BCUT2D eigenvalue weighted by atomic mass is 9.97. The van der Waals surface area contributed by atoms with E-state index >= 15 is 0 Å². The molecule has 1 atom stereocenters. The summed E-state index contributed by atoms with van der Waals surface area (Å²) in [5.74, 6) is 2.76. The zero-order valence-corrected chi connectivity index (χ0v) is 16.7. The summed E-state index contributed by atoms with van der Waals surface area (Å²) in [6.45, 7) is 2.86. The van der Waals surface area contributed by atoms with Crippen molar-refractivity contribution < 1.29 is 4.42 Å². The predicted octanol–water partition coefficient (Wildman–Crippen LogP) is 5.07. The standard InChI is InChI=1S/C20H17Cl2N5O/c1-12-23-9-16-3-2-13(10-26(12)16)20-24-19(14-6-7-28-11-14)25-27(20)15-4-5-17(21)18(22)8-15/h4-9,11,13H,2-3,10H2,1H3. The van der Waals surface area contributed by atoms with Crippen LogP contribution in [0.25, 0.3) is 17.1 Å². The van der Waals surface area contributed by atoms with Gasteiger partial charge in [-0.15, -0.1) is 5.10 Å². The summed E-state index contributed by atoms with van der Waals surface area (Å²) in [4.78, 5) is 9.32. The Morgan fingerprint density at radius 2 is 2.07 bits per heavy atom. The number of rotatable bonds is 3. The highest BCUT2D eigenvalue weighted by Gasteiger charge is 2.27. The third-order valence-corrected chi connectivity index (χ3v) is 5.95. The van der Waals surface area contributed by atoms with Gasteiger partial charge in [-0.25, -0.2) is 14.6 Å². The van der Waals surface area contributed by atoms with Gasteiger partial charge in [0.2, 0.25) is 0 Å². The molecule has 0 N–H and O–H groups in total. The second kappa shape index (κ2) is 6.79. The molecule has 1 aliphatic heterocycles. The van der Waals surface area contributed by atoms with Crippen molar-refractivity contribution in [2.45, 2.75) is 32.2 Å². The van der Waals surface area contributed by atoms with E-state index in [9.17, 15) is 0 Å². The van der Waals surface area contributed by atoms with Gasteiger partial charge in [0.15, 0.2) is 5.82 Å². The maximum Gasteiger partial charge on any atom is 0.185 e. The Balaban J connectivity index is 1.62. The highest BCUT2D eigenvalue weighted by molar-refractivity contribution is 6.42. The molecule has 0 spiro atoms. The van der Waals surface area contributed by atoms with Gasteiger partial charge in [-0.05, 0) is 44.0 Å². The molecule has 1 unspecified atom stereocenters. The van der Waals surface area contributed by atoms with Gasteiger partial charge in [0.05, 0.1) is 27.6 Å². The van der Waals surface area contributed by atoms with Gasteiger partial charge in [-0.3, -0.25) is 0 Å². The molecule has 0 radical (unpaired) electrons. The molecule has 0 amide bonds. The van der Waals surface area contributed by atoms with Crippen LogP contribution in [0.1, 0.15) is 29.7 Å². The molecule has 6 nitrogen and oxygen atoms in total. The maximum absolute atomic E-state index is 6.26. The minimum atomic E-state index is 0.211. The van der Waals surface area contributed by atoms with Gasteiger partial charge in [-0.2, -0.15) is 0 Å². The molecule has 8 heteroatoms. The third kappa shape index (κ3) is 2.93. The first-order chi connectivity index (χ1) is 13.6. The SMILES string of the molecule is Cc1ncc2n1CC(c1nc(-c3ccoc3)nn1-c1ccc(Cl)c(Cl)c1)CC2. The largest absolute Gasteiger partial charge is 0.472 e. The average molecular weight is 414 g/mol. The van der Waals surface area contributed by atoms with E-state index in [1.165, 1.54) is 5.69 Å². The monoisotopic (exact) mass is 413 g/mol. The first-order valence-electron chi connectivity index (χ1n) is 9.06. The Labute approximate surface area is 171 Å². The van der Waals surface area contributed by atoms with E-state index in [-0.39, 0.29) is 5.92 Å². The summed E-state index contributed by atoms with van der Waals surface area (Å²) in [7, 11) is 0. The van der Waals surface area contributed by atoms with Crippen LogP contribution in [-0.2, 0) is 13.0 Å². The van der Waals surface area contributed by atoms with Crippen molar-refractivity contribution in [1.82, 2.24) is 24.3 Å². The molecule has 0 saturated heterocycles. The molecular formula is C20H17Cl2N5O. The topological polar surface area (TPSA) is 61.7 Å². The minimum absolute atomic E-state index is 0.211. The molecule has 0 saturated carbocycles. The van der Waals surface area contributed by atoms with Gasteiger partial charge in [-0.1, -0.05) is 23.2 Å². The van der Waals surface area contributed by atoms with Crippen LogP contribution in [0.4, 0.5) is 0 Å². The first-order valence-corrected chi connectivity index (χ1v) is 9.81. The average Bonchev–Trinajstić information content (AvgIpc) is 3.43. The quantitative estimate of drug-likeness (QED) is 0.470. The Hall–Kier alpha value is -2.57. The Bertz CT molecular complexity index is 1150. The lowest BCUT2D eigenvalue weighted by Crippen LogP contribution is -2.22. The lowest BCUT2D eigenvalue weighted by Gasteiger charge is -2.24. The van der Waals surface area contributed by atoms with Crippen LogP contribution in [-0.4, -0.2) is 24.3 Å². The van der Waals surface area contributed by atoms with Crippen molar-refractivity contribution in [2.24, 2.45) is 0 Å². The molecule has 0 bridgehead atoms. The van der Waals surface area contributed by atoms with Crippen molar-refractivity contribution in [2.75, 3.05) is 0 Å². The number of nitrogens with zero attached hydrogens (tertiary/aromatic N) is 5. The fourth-order valence-electron chi connectivity index (χ4n) is 3.72. The summed E-state index contributed by atoms with van der Waals surface area (Å²) in [6, 6.07) is 7.36. The van der Waals surface area contributed by atoms with Gasteiger partial charge in [0.25, 0.3) is 0 Å². The number of aromatic nitrogens is 5. The second-order valence-corrected chi connectivity index (χ2v) is 7.77. The maximum atomic E-state index is 6.26. The Morgan fingerprint density at radius 1 is 1.18 bits per heavy atom. The highest BCUT2D eigenvalue weighted by atomic mass is 35.5. The van der Waals surface area contributed by atoms with Crippen LogP contribution in [0.5, 0.6) is 0 Å². The first kappa shape index (κ1) is 17.5. The van der Waals surface area contributed by atoms with E-state index in [1.54, 1.807) is 18.6 Å². The second-order valence-electron chi connectivity index (χ2n) is 6.96. The predicted molar refractivity (Wildman–Crippen MR) is 107 cm³/mol. The molecule has 3 aromatic heterocycles. The Morgan fingerprint density at radius 3 is 2.86 bits per heavy atom. The molecule has 28 heavy (non-hydrogen) atoms. The van der Waals surface area contributed by atoms with Crippen molar-refractivity contribution in [1.29, 1.82) is 0 Å². The van der Waals surface area contributed by atoms with Crippen molar-refractivity contribution in [3.8, 4) is 17.1 Å². The van der Waals surface area contributed by atoms with Gasteiger partial charge in [0.1, 0.15) is 17.9 Å².